The highest BCUT2D eigenvalue weighted by Gasteiger charge is 2.08. The van der Waals surface area contributed by atoms with Crippen LogP contribution < -0.4 is 0 Å². The van der Waals surface area contributed by atoms with E-state index in [0.29, 0.717) is 0 Å². The molecule has 0 atom stereocenters. The summed E-state index contributed by atoms with van der Waals surface area (Å²) in [5, 5.41) is 10.2. The second-order valence-electron chi connectivity index (χ2n) is 2.74. The summed E-state index contributed by atoms with van der Waals surface area (Å²) in [6.07, 6.45) is 5.85. The van der Waals surface area contributed by atoms with Gasteiger partial charge in [-0.3, -0.25) is 10.1 Å². The third kappa shape index (κ3) is 2.18. The first-order valence-electron chi connectivity index (χ1n) is 3.67. The molecule has 0 aromatic heterocycles. The lowest BCUT2D eigenvalue weighted by Crippen LogP contribution is -2.06. The van der Waals surface area contributed by atoms with Crippen LogP contribution in [-0.2, 0) is 0 Å². The van der Waals surface area contributed by atoms with Crippen molar-refractivity contribution in [1.29, 1.82) is 0 Å². The van der Waals surface area contributed by atoms with Crippen LogP contribution in [0.4, 0.5) is 0 Å². The molecule has 1 rings (SSSR count). The normalized spacial score (nSPS) is 17.2. The Balaban J connectivity index is 2.68. The molecule has 0 radical (unpaired) electrons. The van der Waals surface area contributed by atoms with Gasteiger partial charge in [-0.1, -0.05) is 17.7 Å². The van der Waals surface area contributed by atoms with E-state index in [0.717, 1.165) is 24.0 Å². The van der Waals surface area contributed by atoms with E-state index in [2.05, 4.69) is 0 Å². The summed E-state index contributed by atoms with van der Waals surface area (Å²) in [5.74, 6) is 0. The molecule has 0 aromatic rings. The Kier molecular flexibility index (Phi) is 2.41. The van der Waals surface area contributed by atoms with Crippen molar-refractivity contribution in [2.24, 2.45) is 0 Å². The Morgan fingerprint density at radius 2 is 2.45 bits per heavy atom. The zero-order chi connectivity index (χ0) is 8.27. The van der Waals surface area contributed by atoms with Crippen LogP contribution in [0.25, 0.3) is 0 Å². The smallest absolute Gasteiger partial charge is 0.228 e. The maximum Gasteiger partial charge on any atom is 0.228 e. The zero-order valence-electron chi connectivity index (χ0n) is 6.54. The van der Waals surface area contributed by atoms with E-state index >= 15 is 0 Å². The number of nitro groups is 1. The standard InChI is InChI=1S/C8H11NO2/c1-7-4-2-3-5-8(7)6-9(10)11/h3,5H,2,4,6H2,1H3. The van der Waals surface area contributed by atoms with E-state index in [-0.39, 0.29) is 11.5 Å². The van der Waals surface area contributed by atoms with Gasteiger partial charge < -0.3 is 0 Å². The Bertz CT molecular complexity index is 228. The summed E-state index contributed by atoms with van der Waals surface area (Å²) in [5.41, 5.74) is 2.03. The van der Waals surface area contributed by atoms with Crippen LogP contribution >= 0.6 is 0 Å². The van der Waals surface area contributed by atoms with Crippen molar-refractivity contribution in [3.63, 3.8) is 0 Å². The lowest BCUT2D eigenvalue weighted by atomic mass is 9.99. The van der Waals surface area contributed by atoms with Crippen LogP contribution in [0.15, 0.2) is 23.3 Å². The molecule has 0 fully saturated rings. The summed E-state index contributed by atoms with van der Waals surface area (Å²) < 4.78 is 0. The van der Waals surface area contributed by atoms with Crippen LogP contribution in [0.3, 0.4) is 0 Å². The van der Waals surface area contributed by atoms with Gasteiger partial charge in [-0.2, -0.15) is 0 Å². The summed E-state index contributed by atoms with van der Waals surface area (Å²) in [4.78, 5) is 9.87. The van der Waals surface area contributed by atoms with Gasteiger partial charge in [0.2, 0.25) is 6.54 Å². The second-order valence-corrected chi connectivity index (χ2v) is 2.74. The van der Waals surface area contributed by atoms with Gasteiger partial charge in [0.15, 0.2) is 0 Å². The minimum Gasteiger partial charge on any atom is -0.264 e. The van der Waals surface area contributed by atoms with Crippen molar-refractivity contribution in [2.45, 2.75) is 19.8 Å². The number of rotatable bonds is 2. The van der Waals surface area contributed by atoms with E-state index < -0.39 is 0 Å². The van der Waals surface area contributed by atoms with Gasteiger partial charge >= 0.3 is 0 Å². The molecule has 60 valence electrons. The molecule has 0 saturated heterocycles. The Labute approximate surface area is 65.6 Å². The molecule has 0 heterocycles. The maximum absolute atomic E-state index is 10.2. The largest absolute Gasteiger partial charge is 0.264 e. The topological polar surface area (TPSA) is 43.1 Å². The summed E-state index contributed by atoms with van der Waals surface area (Å²) in [7, 11) is 0. The Hall–Kier alpha value is -1.12. The number of nitrogens with zero attached hydrogens (tertiary/aromatic N) is 1. The monoisotopic (exact) mass is 153 g/mol. The summed E-state index contributed by atoms with van der Waals surface area (Å²) in [6, 6.07) is 0. The first kappa shape index (κ1) is 7.98. The Morgan fingerprint density at radius 3 is 3.00 bits per heavy atom. The number of allylic oxidation sites excluding steroid dienone is 2. The first-order chi connectivity index (χ1) is 5.20. The molecule has 1 aliphatic rings. The lowest BCUT2D eigenvalue weighted by Gasteiger charge is -2.07. The van der Waals surface area contributed by atoms with Gasteiger partial charge in [-0.15, -0.1) is 0 Å². The molecule has 0 N–H and O–H groups in total. The van der Waals surface area contributed by atoms with Crippen LogP contribution in [0, 0.1) is 10.1 Å². The van der Waals surface area contributed by atoms with E-state index in [1.165, 1.54) is 0 Å². The van der Waals surface area contributed by atoms with Gasteiger partial charge in [0.05, 0.1) is 0 Å². The van der Waals surface area contributed by atoms with Crippen molar-refractivity contribution in [3.05, 3.63) is 33.4 Å². The molecule has 1 aliphatic carbocycles. The van der Waals surface area contributed by atoms with Crippen molar-refractivity contribution >= 4 is 0 Å². The highest BCUT2D eigenvalue weighted by molar-refractivity contribution is 5.28. The van der Waals surface area contributed by atoms with Crippen molar-refractivity contribution in [2.75, 3.05) is 6.54 Å². The maximum atomic E-state index is 10.2. The fraction of sp³-hybridized carbons (Fsp3) is 0.500. The first-order valence-corrected chi connectivity index (χ1v) is 3.67. The van der Waals surface area contributed by atoms with Crippen LogP contribution in [0.5, 0.6) is 0 Å². The third-order valence-electron chi connectivity index (χ3n) is 1.85. The van der Waals surface area contributed by atoms with Crippen molar-refractivity contribution < 1.29 is 4.92 Å². The van der Waals surface area contributed by atoms with Crippen molar-refractivity contribution in [3.8, 4) is 0 Å². The molecule has 11 heavy (non-hydrogen) atoms. The minimum atomic E-state index is -0.283. The van der Waals surface area contributed by atoms with E-state index in [1.807, 2.05) is 19.1 Å². The third-order valence-corrected chi connectivity index (χ3v) is 1.85. The molecule has 0 amide bonds. The predicted octanol–water partition coefficient (Wildman–Crippen LogP) is 1.93. The van der Waals surface area contributed by atoms with E-state index in [1.54, 1.807) is 0 Å². The summed E-state index contributed by atoms with van der Waals surface area (Å²) in [6.45, 7) is 1.94. The van der Waals surface area contributed by atoms with Gasteiger partial charge in [0.25, 0.3) is 0 Å². The molecule has 0 aliphatic heterocycles. The van der Waals surface area contributed by atoms with E-state index in [4.69, 9.17) is 0 Å². The van der Waals surface area contributed by atoms with Crippen molar-refractivity contribution in [1.82, 2.24) is 0 Å². The average molecular weight is 153 g/mol. The van der Waals surface area contributed by atoms with Gasteiger partial charge in [0.1, 0.15) is 0 Å². The molecule has 3 heteroatoms. The van der Waals surface area contributed by atoms with Gasteiger partial charge in [-0.05, 0) is 19.8 Å². The molecule has 0 spiro atoms. The van der Waals surface area contributed by atoms with E-state index in [9.17, 15) is 10.1 Å². The fourth-order valence-corrected chi connectivity index (χ4v) is 1.15. The zero-order valence-corrected chi connectivity index (χ0v) is 6.54. The highest BCUT2D eigenvalue weighted by atomic mass is 16.6. The second kappa shape index (κ2) is 3.32. The molecule has 0 aromatic carbocycles. The Morgan fingerprint density at radius 1 is 1.73 bits per heavy atom. The van der Waals surface area contributed by atoms with Gasteiger partial charge in [-0.25, -0.2) is 0 Å². The SMILES string of the molecule is CC1=C(C[N+](=O)[O-])C=CCC1. The molecular weight excluding hydrogens is 142 g/mol. The van der Waals surface area contributed by atoms with Crippen LogP contribution in [0.2, 0.25) is 0 Å². The molecule has 0 bridgehead atoms. The van der Waals surface area contributed by atoms with Crippen LogP contribution in [-0.4, -0.2) is 11.5 Å². The highest BCUT2D eigenvalue weighted by Crippen LogP contribution is 2.17. The lowest BCUT2D eigenvalue weighted by molar-refractivity contribution is -0.470. The van der Waals surface area contributed by atoms with Crippen LogP contribution in [0.1, 0.15) is 19.8 Å². The number of hydrogen-bond donors (Lipinski definition) is 0. The molecule has 3 nitrogen and oxygen atoms in total. The van der Waals surface area contributed by atoms with Gasteiger partial charge in [0, 0.05) is 10.5 Å². The average Bonchev–Trinajstić information content (AvgIpc) is 1.93. The molecular formula is C8H11NO2. The predicted molar refractivity (Wildman–Crippen MR) is 42.9 cm³/mol. The fourth-order valence-electron chi connectivity index (χ4n) is 1.15. The molecule has 0 unspecified atom stereocenters. The minimum absolute atomic E-state index is 0.0255. The number of hydrogen-bond acceptors (Lipinski definition) is 2. The molecule has 0 saturated carbocycles. The summed E-state index contributed by atoms with van der Waals surface area (Å²) >= 11 is 0. The quantitative estimate of drug-likeness (QED) is 0.449.